The van der Waals surface area contributed by atoms with Crippen molar-refractivity contribution in [3.05, 3.63) is 214 Å². The monoisotopic (exact) mass is 618 g/mol. The molecule has 10 rings (SSSR count). The molecule has 0 amide bonds. The van der Waals surface area contributed by atoms with Gasteiger partial charge in [-0.1, -0.05) is 164 Å². The van der Waals surface area contributed by atoms with Crippen molar-refractivity contribution in [2.24, 2.45) is 0 Å². The first-order valence-electron chi connectivity index (χ1n) is 16.4. The topological polar surface area (TPSA) is 60.7 Å². The average Bonchev–Trinajstić information content (AvgIpc) is 3.70. The number of fused-ring (bicyclic) bond motifs is 12. The molecule has 0 radical (unpaired) electrons. The molecular formula is C45H30O3. The van der Waals surface area contributed by atoms with Crippen molar-refractivity contribution < 1.29 is 15.3 Å². The van der Waals surface area contributed by atoms with Crippen LogP contribution in [0.15, 0.2) is 164 Å². The van der Waals surface area contributed by atoms with Crippen LogP contribution in [0.4, 0.5) is 0 Å². The zero-order valence-corrected chi connectivity index (χ0v) is 25.9. The van der Waals surface area contributed by atoms with Gasteiger partial charge in [-0.2, -0.15) is 0 Å². The summed E-state index contributed by atoms with van der Waals surface area (Å²) < 4.78 is 0. The number of hydrogen-bond donors (Lipinski definition) is 3. The molecule has 3 N–H and O–H groups in total. The Kier molecular flexibility index (Phi) is 5.44. The van der Waals surface area contributed by atoms with Gasteiger partial charge in [0.05, 0.1) is 0 Å². The van der Waals surface area contributed by atoms with E-state index in [9.17, 15) is 15.3 Å². The van der Waals surface area contributed by atoms with E-state index in [1.54, 1.807) is 0 Å². The molecule has 3 aliphatic carbocycles. The van der Waals surface area contributed by atoms with Gasteiger partial charge in [0.15, 0.2) is 0 Å². The van der Waals surface area contributed by atoms with Crippen molar-refractivity contribution in [3.63, 3.8) is 0 Å². The summed E-state index contributed by atoms with van der Waals surface area (Å²) in [6, 6.07) is 53.4. The second kappa shape index (κ2) is 9.50. The lowest BCUT2D eigenvalue weighted by atomic mass is 9.73. The van der Waals surface area contributed by atoms with Crippen molar-refractivity contribution in [1.29, 1.82) is 0 Å². The summed E-state index contributed by atoms with van der Waals surface area (Å²) in [6.07, 6.45) is 0. The van der Waals surface area contributed by atoms with E-state index in [1.165, 1.54) is 0 Å². The first-order chi connectivity index (χ1) is 23.5. The molecule has 0 heterocycles. The van der Waals surface area contributed by atoms with Crippen LogP contribution in [0, 0.1) is 0 Å². The van der Waals surface area contributed by atoms with Crippen LogP contribution in [-0.4, -0.2) is 15.3 Å². The van der Waals surface area contributed by atoms with Crippen molar-refractivity contribution in [2.45, 2.75) is 16.8 Å². The van der Waals surface area contributed by atoms with E-state index in [-0.39, 0.29) is 0 Å². The Balaban J connectivity index is 1.50. The molecular weight excluding hydrogens is 588 g/mol. The van der Waals surface area contributed by atoms with Crippen LogP contribution in [0.3, 0.4) is 0 Å². The lowest BCUT2D eigenvalue weighted by molar-refractivity contribution is 0.123. The summed E-state index contributed by atoms with van der Waals surface area (Å²) in [7, 11) is 0. The minimum Gasteiger partial charge on any atom is -0.376 e. The SMILES string of the molecule is O[C@]1(c2ccccc2)c2ccccc2-c2c1c1c(c3c2[C@](O)(c2ccccc2)c2ccccc2-3)[C@](O)(c2ccccc2)c2ccccc2-1. The maximum atomic E-state index is 13.5. The standard InChI is InChI=1S/C45H30O3/c46-43(28-16-4-1-5-17-28)34-25-13-10-22-31(34)37-40(43)38-32-23-11-14-26-35(32)44(47,29-18-6-2-7-19-29)42(38)39-33-24-12-15-27-36(33)45(48,41(37)39)30-20-8-3-9-21-30/h1-27,46-48H/t43-,44-,45+/m0/s1. The second-order valence-electron chi connectivity index (χ2n) is 13.1. The highest BCUT2D eigenvalue weighted by Gasteiger charge is 2.58. The van der Waals surface area contributed by atoms with Gasteiger partial charge in [0, 0.05) is 33.4 Å². The van der Waals surface area contributed by atoms with Crippen LogP contribution in [0.1, 0.15) is 50.1 Å². The van der Waals surface area contributed by atoms with Gasteiger partial charge in [-0.3, -0.25) is 0 Å². The molecule has 0 aliphatic heterocycles. The van der Waals surface area contributed by atoms with Crippen LogP contribution in [0.25, 0.3) is 33.4 Å². The highest BCUT2D eigenvalue weighted by molar-refractivity contribution is 6.05. The average molecular weight is 619 g/mol. The zero-order valence-electron chi connectivity index (χ0n) is 25.9. The molecule has 0 saturated carbocycles. The van der Waals surface area contributed by atoms with E-state index >= 15 is 0 Å². The Morgan fingerprint density at radius 2 is 0.500 bits per heavy atom. The smallest absolute Gasteiger partial charge is 0.142 e. The third kappa shape index (κ3) is 3.14. The van der Waals surface area contributed by atoms with Gasteiger partial charge in [0.2, 0.25) is 0 Å². The Bertz CT molecular complexity index is 2140. The lowest BCUT2D eigenvalue weighted by Crippen LogP contribution is -2.31. The van der Waals surface area contributed by atoms with Crippen LogP contribution in [-0.2, 0) is 16.8 Å². The third-order valence-electron chi connectivity index (χ3n) is 10.9. The van der Waals surface area contributed by atoms with E-state index in [0.717, 1.165) is 66.8 Å². The number of rotatable bonds is 3. The molecule has 3 heteroatoms. The maximum absolute atomic E-state index is 13.5. The Morgan fingerprint density at radius 3 is 0.771 bits per heavy atom. The number of hydrogen-bond acceptors (Lipinski definition) is 3. The number of aliphatic hydroxyl groups is 3. The summed E-state index contributed by atoms with van der Waals surface area (Å²) in [5, 5.41) is 40.6. The van der Waals surface area contributed by atoms with Crippen LogP contribution < -0.4 is 0 Å². The fraction of sp³-hybridized carbons (Fsp3) is 0.0667. The fourth-order valence-electron chi connectivity index (χ4n) is 9.03. The molecule has 3 nitrogen and oxygen atoms in total. The van der Waals surface area contributed by atoms with Crippen molar-refractivity contribution >= 4 is 0 Å². The highest BCUT2D eigenvalue weighted by Crippen LogP contribution is 2.68. The largest absolute Gasteiger partial charge is 0.376 e. The molecule has 0 unspecified atom stereocenters. The molecule has 228 valence electrons. The van der Waals surface area contributed by atoms with E-state index in [0.29, 0.717) is 16.7 Å². The second-order valence-corrected chi connectivity index (χ2v) is 13.1. The van der Waals surface area contributed by atoms with Gasteiger partial charge in [-0.15, -0.1) is 0 Å². The Labute approximate surface area is 278 Å². The van der Waals surface area contributed by atoms with Crippen LogP contribution in [0.2, 0.25) is 0 Å². The predicted molar refractivity (Wildman–Crippen MR) is 188 cm³/mol. The molecule has 0 spiro atoms. The van der Waals surface area contributed by atoms with Crippen molar-refractivity contribution in [1.82, 2.24) is 0 Å². The Hall–Kier alpha value is -5.58. The normalized spacial score (nSPS) is 22.3. The maximum Gasteiger partial charge on any atom is 0.142 e. The first kappa shape index (κ1) is 27.5. The van der Waals surface area contributed by atoms with E-state index < -0.39 is 16.8 Å². The molecule has 7 aromatic carbocycles. The molecule has 48 heavy (non-hydrogen) atoms. The minimum absolute atomic E-state index is 0.685. The van der Waals surface area contributed by atoms with Gasteiger partial charge in [-0.25, -0.2) is 0 Å². The lowest BCUT2D eigenvalue weighted by Gasteiger charge is -2.34. The molecule has 0 saturated heterocycles. The number of benzene rings is 7. The van der Waals surface area contributed by atoms with Crippen LogP contribution >= 0.6 is 0 Å². The summed E-state index contributed by atoms with van der Waals surface area (Å²) in [5.74, 6) is 0. The first-order valence-corrected chi connectivity index (χ1v) is 16.4. The van der Waals surface area contributed by atoms with Crippen LogP contribution in [0.5, 0.6) is 0 Å². The van der Waals surface area contributed by atoms with E-state index in [1.807, 2.05) is 146 Å². The summed E-state index contributed by atoms with van der Waals surface area (Å²) in [5.41, 5.74) is 6.78. The molecule has 3 atom stereocenters. The van der Waals surface area contributed by atoms with Crippen molar-refractivity contribution in [3.8, 4) is 33.4 Å². The summed E-state index contributed by atoms with van der Waals surface area (Å²) >= 11 is 0. The predicted octanol–water partition coefficient (Wildman–Crippen LogP) is 8.48. The van der Waals surface area contributed by atoms with Gasteiger partial charge in [0.1, 0.15) is 16.8 Å². The third-order valence-corrected chi connectivity index (χ3v) is 10.9. The molecule has 0 fully saturated rings. The molecule has 0 aromatic heterocycles. The minimum atomic E-state index is -1.58. The molecule has 0 bridgehead atoms. The molecule has 7 aromatic rings. The molecule has 3 aliphatic rings. The van der Waals surface area contributed by atoms with Crippen molar-refractivity contribution in [2.75, 3.05) is 0 Å². The fourth-order valence-corrected chi connectivity index (χ4v) is 9.03. The van der Waals surface area contributed by atoms with Gasteiger partial charge in [0.25, 0.3) is 0 Å². The van der Waals surface area contributed by atoms with Gasteiger partial charge >= 0.3 is 0 Å². The van der Waals surface area contributed by atoms with Gasteiger partial charge < -0.3 is 15.3 Å². The Morgan fingerprint density at radius 1 is 0.271 bits per heavy atom. The van der Waals surface area contributed by atoms with E-state index in [4.69, 9.17) is 0 Å². The summed E-state index contributed by atoms with van der Waals surface area (Å²) in [4.78, 5) is 0. The summed E-state index contributed by atoms with van der Waals surface area (Å²) in [6.45, 7) is 0. The quantitative estimate of drug-likeness (QED) is 0.186. The zero-order chi connectivity index (χ0) is 32.3. The van der Waals surface area contributed by atoms with Gasteiger partial charge in [-0.05, 0) is 50.1 Å². The van der Waals surface area contributed by atoms with E-state index in [2.05, 4.69) is 18.2 Å². The highest BCUT2D eigenvalue weighted by atomic mass is 16.3.